The number of rotatable bonds is 18. The molecule has 0 atom stereocenters. The summed E-state index contributed by atoms with van der Waals surface area (Å²) < 4.78 is 17.1. The molecule has 0 heterocycles. The van der Waals surface area contributed by atoms with Crippen molar-refractivity contribution in [2.75, 3.05) is 19.8 Å². The van der Waals surface area contributed by atoms with Gasteiger partial charge in [-0.1, -0.05) is 78.1 Å². The number of unbranched alkanes of at least 4 members (excludes halogenated alkanes) is 10. The third-order valence-corrected chi connectivity index (χ3v) is 4.88. The largest absolute Gasteiger partial charge is 0.332 e. The Morgan fingerprint density at radius 1 is 0.500 bits per heavy atom. The summed E-state index contributed by atoms with van der Waals surface area (Å²) >= 11 is 0. The first-order valence-electron chi connectivity index (χ1n) is 9.54. The highest BCUT2D eigenvalue weighted by molar-refractivity contribution is 7.41. The van der Waals surface area contributed by atoms with E-state index in [2.05, 4.69) is 13.8 Å². The standard InChI is InChI=1S/C18H39O3P/c1-4-7-9-11-13-15-17-20-22(19-6-3)21-18-16-14-12-10-8-5-2/h4-18H2,1-3H3. The van der Waals surface area contributed by atoms with E-state index in [1.165, 1.54) is 64.2 Å². The van der Waals surface area contributed by atoms with Crippen LogP contribution in [0.4, 0.5) is 0 Å². The molecule has 0 amide bonds. The third kappa shape index (κ3) is 16.7. The molecule has 0 rings (SSSR count). The molecule has 0 saturated heterocycles. The molecular formula is C18H39O3P. The fraction of sp³-hybridized carbons (Fsp3) is 1.00. The monoisotopic (exact) mass is 334 g/mol. The molecule has 22 heavy (non-hydrogen) atoms. The zero-order valence-electron chi connectivity index (χ0n) is 15.3. The lowest BCUT2D eigenvalue weighted by Crippen LogP contribution is -1.99. The summed E-state index contributed by atoms with van der Waals surface area (Å²) in [6.07, 6.45) is 15.4. The van der Waals surface area contributed by atoms with Gasteiger partial charge in [0.2, 0.25) is 0 Å². The summed E-state index contributed by atoms with van der Waals surface area (Å²) in [5, 5.41) is 0. The van der Waals surface area contributed by atoms with Gasteiger partial charge in [-0.2, -0.15) is 0 Å². The van der Waals surface area contributed by atoms with Crippen LogP contribution in [-0.2, 0) is 13.6 Å². The Morgan fingerprint density at radius 3 is 1.32 bits per heavy atom. The van der Waals surface area contributed by atoms with Crippen LogP contribution in [0.15, 0.2) is 0 Å². The van der Waals surface area contributed by atoms with Crippen molar-refractivity contribution < 1.29 is 13.6 Å². The van der Waals surface area contributed by atoms with E-state index < -0.39 is 8.60 Å². The van der Waals surface area contributed by atoms with E-state index in [4.69, 9.17) is 13.6 Å². The van der Waals surface area contributed by atoms with Crippen LogP contribution >= 0.6 is 8.60 Å². The molecule has 0 aliphatic heterocycles. The van der Waals surface area contributed by atoms with Gasteiger partial charge in [0.05, 0.1) is 19.8 Å². The Balaban J connectivity index is 3.44. The Labute approximate surface area is 140 Å². The molecule has 0 bridgehead atoms. The van der Waals surface area contributed by atoms with Crippen molar-refractivity contribution in [3.63, 3.8) is 0 Å². The maximum absolute atomic E-state index is 5.75. The third-order valence-electron chi connectivity index (χ3n) is 3.62. The van der Waals surface area contributed by atoms with Gasteiger partial charge < -0.3 is 13.6 Å². The van der Waals surface area contributed by atoms with Crippen molar-refractivity contribution in [1.29, 1.82) is 0 Å². The smallest absolute Gasteiger partial charge is 0.313 e. The van der Waals surface area contributed by atoms with E-state index in [0.717, 1.165) is 26.1 Å². The molecule has 0 fully saturated rings. The molecule has 134 valence electrons. The average molecular weight is 334 g/mol. The summed E-state index contributed by atoms with van der Waals surface area (Å²) in [5.74, 6) is 0. The van der Waals surface area contributed by atoms with E-state index in [1.54, 1.807) is 0 Å². The van der Waals surface area contributed by atoms with Gasteiger partial charge in [-0.3, -0.25) is 0 Å². The minimum Gasteiger partial charge on any atom is -0.313 e. The Kier molecular flexibility index (Phi) is 19.6. The van der Waals surface area contributed by atoms with Gasteiger partial charge in [0.1, 0.15) is 0 Å². The predicted molar refractivity (Wildman–Crippen MR) is 97.2 cm³/mol. The molecule has 0 saturated carbocycles. The van der Waals surface area contributed by atoms with Crippen LogP contribution in [0.1, 0.15) is 97.8 Å². The van der Waals surface area contributed by atoms with Crippen LogP contribution in [0, 0.1) is 0 Å². The van der Waals surface area contributed by atoms with Gasteiger partial charge in [0.15, 0.2) is 0 Å². The SMILES string of the molecule is CCCCCCCCOP(OCC)OCCCCCCCC. The first-order chi connectivity index (χ1) is 10.8. The van der Waals surface area contributed by atoms with Crippen molar-refractivity contribution in [3.05, 3.63) is 0 Å². The molecule has 0 aliphatic carbocycles. The zero-order chi connectivity index (χ0) is 16.3. The van der Waals surface area contributed by atoms with Gasteiger partial charge in [-0.05, 0) is 19.8 Å². The highest BCUT2D eigenvalue weighted by atomic mass is 31.2. The summed E-state index contributed by atoms with van der Waals surface area (Å²) in [5.41, 5.74) is 0. The lowest BCUT2D eigenvalue weighted by Gasteiger charge is -2.15. The second kappa shape index (κ2) is 19.4. The highest BCUT2D eigenvalue weighted by Gasteiger charge is 2.11. The molecule has 0 radical (unpaired) electrons. The maximum Gasteiger partial charge on any atom is 0.332 e. The molecule has 0 aliphatic rings. The van der Waals surface area contributed by atoms with Gasteiger partial charge >= 0.3 is 8.60 Å². The Morgan fingerprint density at radius 2 is 0.909 bits per heavy atom. The lowest BCUT2D eigenvalue weighted by atomic mass is 10.1. The van der Waals surface area contributed by atoms with Crippen LogP contribution in [-0.4, -0.2) is 19.8 Å². The van der Waals surface area contributed by atoms with Gasteiger partial charge in [0.25, 0.3) is 0 Å². The maximum atomic E-state index is 5.75. The van der Waals surface area contributed by atoms with Crippen LogP contribution in [0.5, 0.6) is 0 Å². The second-order valence-corrected chi connectivity index (χ2v) is 7.07. The highest BCUT2D eigenvalue weighted by Crippen LogP contribution is 2.39. The van der Waals surface area contributed by atoms with Gasteiger partial charge in [-0.15, -0.1) is 0 Å². The Bertz CT molecular complexity index is 185. The van der Waals surface area contributed by atoms with Crippen molar-refractivity contribution in [2.24, 2.45) is 0 Å². The van der Waals surface area contributed by atoms with Crippen LogP contribution in [0.3, 0.4) is 0 Å². The molecular weight excluding hydrogens is 295 g/mol. The molecule has 0 aromatic heterocycles. The number of hydrogen-bond donors (Lipinski definition) is 0. The minimum atomic E-state index is -1.12. The van der Waals surface area contributed by atoms with E-state index in [9.17, 15) is 0 Å². The topological polar surface area (TPSA) is 27.7 Å². The quantitative estimate of drug-likeness (QED) is 0.199. The molecule has 3 nitrogen and oxygen atoms in total. The minimum absolute atomic E-state index is 0.665. The van der Waals surface area contributed by atoms with Crippen LogP contribution < -0.4 is 0 Å². The predicted octanol–water partition coefficient (Wildman–Crippen LogP) is 7.00. The summed E-state index contributed by atoms with van der Waals surface area (Å²) in [6, 6.07) is 0. The van der Waals surface area contributed by atoms with Crippen molar-refractivity contribution in [1.82, 2.24) is 0 Å². The normalized spacial score (nSPS) is 11.5. The Hall–Kier alpha value is 0.310. The summed E-state index contributed by atoms with van der Waals surface area (Å²) in [4.78, 5) is 0. The summed E-state index contributed by atoms with van der Waals surface area (Å²) in [6.45, 7) is 8.71. The van der Waals surface area contributed by atoms with Crippen molar-refractivity contribution in [3.8, 4) is 0 Å². The molecule has 0 unspecified atom stereocenters. The van der Waals surface area contributed by atoms with Crippen molar-refractivity contribution in [2.45, 2.75) is 97.8 Å². The molecule has 0 aromatic rings. The summed E-state index contributed by atoms with van der Waals surface area (Å²) in [7, 11) is -1.12. The molecule has 0 aromatic carbocycles. The van der Waals surface area contributed by atoms with Gasteiger partial charge in [0, 0.05) is 0 Å². The van der Waals surface area contributed by atoms with Crippen molar-refractivity contribution >= 4 is 8.60 Å². The van der Waals surface area contributed by atoms with E-state index in [1.807, 2.05) is 6.92 Å². The molecule has 4 heteroatoms. The fourth-order valence-electron chi connectivity index (χ4n) is 2.26. The lowest BCUT2D eigenvalue weighted by molar-refractivity contribution is 0.160. The molecule has 0 N–H and O–H groups in total. The van der Waals surface area contributed by atoms with E-state index in [-0.39, 0.29) is 0 Å². The molecule has 0 spiro atoms. The van der Waals surface area contributed by atoms with Crippen LogP contribution in [0.2, 0.25) is 0 Å². The first-order valence-corrected chi connectivity index (χ1v) is 10.6. The fourth-order valence-corrected chi connectivity index (χ4v) is 3.25. The van der Waals surface area contributed by atoms with E-state index in [0.29, 0.717) is 6.61 Å². The zero-order valence-corrected chi connectivity index (χ0v) is 16.2. The van der Waals surface area contributed by atoms with E-state index >= 15 is 0 Å². The number of hydrogen-bond acceptors (Lipinski definition) is 3. The average Bonchev–Trinajstić information content (AvgIpc) is 2.53. The van der Waals surface area contributed by atoms with Gasteiger partial charge in [-0.25, -0.2) is 0 Å². The first kappa shape index (κ1) is 22.3. The second-order valence-electron chi connectivity index (χ2n) is 5.84. The van der Waals surface area contributed by atoms with Crippen LogP contribution in [0.25, 0.3) is 0 Å².